The summed E-state index contributed by atoms with van der Waals surface area (Å²) in [5.41, 5.74) is 3.85. The molecule has 6 nitrogen and oxygen atoms in total. The smallest absolute Gasteiger partial charge is 0.289 e. The number of aromatic nitrogens is 1. The van der Waals surface area contributed by atoms with E-state index in [1.165, 1.54) is 18.4 Å². The zero-order valence-electron chi connectivity index (χ0n) is 18.1. The fraction of sp³-hybridized carbons (Fsp3) is 0.231. The van der Waals surface area contributed by atoms with Crippen LogP contribution in [0.2, 0.25) is 0 Å². The topological polar surface area (TPSA) is 69.6 Å². The molecule has 1 N–H and O–H groups in total. The lowest BCUT2D eigenvalue weighted by Gasteiger charge is -2.34. The summed E-state index contributed by atoms with van der Waals surface area (Å²) in [4.78, 5) is 32.4. The molecule has 7 heteroatoms. The van der Waals surface area contributed by atoms with Crippen molar-refractivity contribution in [3.8, 4) is 11.3 Å². The Bertz CT molecular complexity index is 1270. The van der Waals surface area contributed by atoms with Gasteiger partial charge in [-0.05, 0) is 60.0 Å². The van der Waals surface area contributed by atoms with Crippen molar-refractivity contribution in [3.05, 3.63) is 84.1 Å². The molecule has 2 aromatic carbocycles. The van der Waals surface area contributed by atoms with Gasteiger partial charge in [0.15, 0.2) is 5.76 Å². The first-order valence-electron chi connectivity index (χ1n) is 11.1. The van der Waals surface area contributed by atoms with Gasteiger partial charge in [-0.15, -0.1) is 0 Å². The van der Waals surface area contributed by atoms with Crippen LogP contribution in [0.25, 0.3) is 22.2 Å². The van der Waals surface area contributed by atoms with E-state index in [-0.39, 0.29) is 17.6 Å². The third-order valence-electron chi connectivity index (χ3n) is 6.19. The average Bonchev–Trinajstić information content (AvgIpc) is 3.51. The molecule has 0 spiro atoms. The Morgan fingerprint density at radius 1 is 0.909 bits per heavy atom. The van der Waals surface area contributed by atoms with Gasteiger partial charge in [-0.2, -0.15) is 0 Å². The summed E-state index contributed by atoms with van der Waals surface area (Å²) in [6, 6.07) is 17.7. The highest BCUT2D eigenvalue weighted by Gasteiger charge is 2.26. The van der Waals surface area contributed by atoms with Crippen molar-refractivity contribution in [2.24, 2.45) is 0 Å². The van der Waals surface area contributed by atoms with Gasteiger partial charge in [-0.3, -0.25) is 9.59 Å². The second kappa shape index (κ2) is 8.94. The van der Waals surface area contributed by atoms with E-state index in [4.69, 9.17) is 4.42 Å². The standard InChI is InChI=1S/C26H24FN3O3/c27-19-9-7-18(8-10-19)25-21(20-4-1-2-5-22(20)28-25)11-12-24(31)29-13-15-30(16-14-29)26(32)23-6-3-17-33-23/h1-10,17,28H,11-16H2. The predicted molar refractivity (Wildman–Crippen MR) is 123 cm³/mol. The second-order valence-corrected chi connectivity index (χ2v) is 8.18. The lowest BCUT2D eigenvalue weighted by Crippen LogP contribution is -2.50. The van der Waals surface area contributed by atoms with Gasteiger partial charge in [0.05, 0.1) is 6.26 Å². The molecule has 4 aromatic rings. The van der Waals surface area contributed by atoms with E-state index in [1.54, 1.807) is 29.2 Å². The van der Waals surface area contributed by atoms with Gasteiger partial charge in [0.25, 0.3) is 5.91 Å². The van der Waals surface area contributed by atoms with Gasteiger partial charge >= 0.3 is 0 Å². The Balaban J connectivity index is 1.27. The molecule has 1 fully saturated rings. The fourth-order valence-electron chi connectivity index (χ4n) is 4.43. The number of nitrogens with zero attached hydrogens (tertiary/aromatic N) is 2. The van der Waals surface area contributed by atoms with Crippen molar-refractivity contribution < 1.29 is 18.4 Å². The van der Waals surface area contributed by atoms with E-state index in [1.807, 2.05) is 29.2 Å². The van der Waals surface area contributed by atoms with Crippen LogP contribution in [0.4, 0.5) is 4.39 Å². The number of H-pyrrole nitrogens is 1. The number of benzene rings is 2. The number of hydrogen-bond acceptors (Lipinski definition) is 3. The number of aryl methyl sites for hydroxylation is 1. The molecular formula is C26H24FN3O3. The van der Waals surface area contributed by atoms with Crippen LogP contribution < -0.4 is 0 Å². The highest BCUT2D eigenvalue weighted by Crippen LogP contribution is 2.31. The van der Waals surface area contributed by atoms with Crippen LogP contribution in [0.3, 0.4) is 0 Å². The lowest BCUT2D eigenvalue weighted by molar-refractivity contribution is -0.132. The van der Waals surface area contributed by atoms with Gasteiger partial charge in [0, 0.05) is 49.2 Å². The Labute approximate surface area is 190 Å². The van der Waals surface area contributed by atoms with E-state index in [0.29, 0.717) is 44.8 Å². The van der Waals surface area contributed by atoms with Crippen LogP contribution in [0, 0.1) is 5.82 Å². The molecule has 1 aliphatic rings. The van der Waals surface area contributed by atoms with Crippen molar-refractivity contribution in [2.45, 2.75) is 12.8 Å². The quantitative estimate of drug-likeness (QED) is 0.492. The molecule has 2 amide bonds. The maximum atomic E-state index is 13.4. The summed E-state index contributed by atoms with van der Waals surface area (Å²) in [7, 11) is 0. The molecule has 2 aromatic heterocycles. The van der Waals surface area contributed by atoms with Crippen molar-refractivity contribution >= 4 is 22.7 Å². The van der Waals surface area contributed by atoms with E-state index in [0.717, 1.165) is 27.7 Å². The Morgan fingerprint density at radius 3 is 2.36 bits per heavy atom. The minimum Gasteiger partial charge on any atom is -0.459 e. The molecule has 0 unspecified atom stereocenters. The van der Waals surface area contributed by atoms with Gasteiger partial charge in [-0.1, -0.05) is 18.2 Å². The number of rotatable bonds is 5. The third kappa shape index (κ3) is 4.26. The molecule has 3 heterocycles. The predicted octanol–water partition coefficient (Wildman–Crippen LogP) is 4.48. The number of fused-ring (bicyclic) bond motifs is 1. The number of carbonyl (C=O) groups is 2. The van der Waals surface area contributed by atoms with Crippen LogP contribution in [0.15, 0.2) is 71.3 Å². The first-order valence-corrected chi connectivity index (χ1v) is 11.1. The van der Waals surface area contributed by atoms with Crippen molar-refractivity contribution in [2.75, 3.05) is 26.2 Å². The summed E-state index contributed by atoms with van der Waals surface area (Å²) in [6.45, 7) is 1.98. The number of furan rings is 1. The van der Waals surface area contributed by atoms with E-state index >= 15 is 0 Å². The van der Waals surface area contributed by atoms with Crippen molar-refractivity contribution in [1.29, 1.82) is 0 Å². The van der Waals surface area contributed by atoms with E-state index < -0.39 is 0 Å². The number of piperazine rings is 1. The van der Waals surface area contributed by atoms with Crippen LogP contribution in [-0.4, -0.2) is 52.8 Å². The molecule has 0 bridgehead atoms. The van der Waals surface area contributed by atoms with Crippen molar-refractivity contribution in [1.82, 2.24) is 14.8 Å². The second-order valence-electron chi connectivity index (χ2n) is 8.18. The van der Waals surface area contributed by atoms with Crippen LogP contribution in [-0.2, 0) is 11.2 Å². The van der Waals surface area contributed by atoms with Gasteiger partial charge in [0.2, 0.25) is 5.91 Å². The molecule has 0 aliphatic carbocycles. The highest BCUT2D eigenvalue weighted by atomic mass is 19.1. The van der Waals surface area contributed by atoms with Crippen LogP contribution in [0.1, 0.15) is 22.5 Å². The molecule has 0 radical (unpaired) electrons. The molecule has 0 saturated carbocycles. The SMILES string of the molecule is O=C(CCc1c(-c2ccc(F)cc2)[nH]c2ccccc12)N1CCN(C(=O)c2ccco2)CC1. The number of hydrogen-bond donors (Lipinski definition) is 1. The molecule has 5 rings (SSSR count). The van der Waals surface area contributed by atoms with E-state index in [2.05, 4.69) is 4.98 Å². The maximum Gasteiger partial charge on any atom is 0.289 e. The summed E-state index contributed by atoms with van der Waals surface area (Å²) in [6.07, 6.45) is 2.42. The molecule has 0 atom stereocenters. The number of nitrogens with one attached hydrogen (secondary N) is 1. The van der Waals surface area contributed by atoms with Gasteiger partial charge in [-0.25, -0.2) is 4.39 Å². The number of para-hydroxylation sites is 1. The summed E-state index contributed by atoms with van der Waals surface area (Å²) in [5, 5.41) is 1.07. The van der Waals surface area contributed by atoms with Crippen molar-refractivity contribution in [3.63, 3.8) is 0 Å². The normalized spacial score (nSPS) is 14.1. The number of halogens is 1. The number of amides is 2. The third-order valence-corrected chi connectivity index (χ3v) is 6.19. The largest absolute Gasteiger partial charge is 0.459 e. The molecule has 1 saturated heterocycles. The monoisotopic (exact) mass is 445 g/mol. The molecular weight excluding hydrogens is 421 g/mol. The average molecular weight is 445 g/mol. The molecule has 33 heavy (non-hydrogen) atoms. The lowest BCUT2D eigenvalue weighted by atomic mass is 10.0. The minimum absolute atomic E-state index is 0.0652. The minimum atomic E-state index is -0.281. The van der Waals surface area contributed by atoms with Crippen LogP contribution >= 0.6 is 0 Å². The molecule has 1 aliphatic heterocycles. The number of aromatic amines is 1. The zero-order valence-corrected chi connectivity index (χ0v) is 18.1. The summed E-state index contributed by atoms with van der Waals surface area (Å²) < 4.78 is 18.6. The first kappa shape index (κ1) is 21.0. The Kier molecular flexibility index (Phi) is 5.69. The van der Waals surface area contributed by atoms with E-state index in [9.17, 15) is 14.0 Å². The Hall–Kier alpha value is -3.87. The summed E-state index contributed by atoms with van der Waals surface area (Å²) >= 11 is 0. The zero-order chi connectivity index (χ0) is 22.8. The maximum absolute atomic E-state index is 13.4. The highest BCUT2D eigenvalue weighted by molar-refractivity contribution is 5.92. The number of carbonyl (C=O) groups excluding carboxylic acids is 2. The fourth-order valence-corrected chi connectivity index (χ4v) is 4.43. The van der Waals surface area contributed by atoms with Gasteiger partial charge in [0.1, 0.15) is 5.82 Å². The first-order chi connectivity index (χ1) is 16.1. The summed E-state index contributed by atoms with van der Waals surface area (Å²) in [5.74, 6) is -0.0380. The van der Waals surface area contributed by atoms with Gasteiger partial charge < -0.3 is 19.2 Å². The molecule has 168 valence electrons. The Morgan fingerprint density at radius 2 is 1.64 bits per heavy atom. The van der Waals surface area contributed by atoms with Crippen LogP contribution in [0.5, 0.6) is 0 Å².